The highest BCUT2D eigenvalue weighted by molar-refractivity contribution is 6.65. The molecule has 132 valence electrons. The van der Waals surface area contributed by atoms with Crippen LogP contribution in [0.5, 0.6) is 0 Å². The van der Waals surface area contributed by atoms with Gasteiger partial charge in [0.15, 0.2) is 0 Å². The van der Waals surface area contributed by atoms with Gasteiger partial charge in [-0.25, -0.2) is 0 Å². The molecule has 0 bridgehead atoms. The highest BCUT2D eigenvalue weighted by atomic mass is 35.5. The summed E-state index contributed by atoms with van der Waals surface area (Å²) in [5.41, 5.74) is 0.736. The molecular formula is C17H25BClNO4. The third-order valence-corrected chi connectivity index (χ3v) is 4.90. The van der Waals surface area contributed by atoms with Crippen LogP contribution in [0.3, 0.4) is 0 Å². The van der Waals surface area contributed by atoms with E-state index in [0.717, 1.165) is 11.0 Å². The summed E-state index contributed by atoms with van der Waals surface area (Å²) in [6, 6.07) is 5.49. The van der Waals surface area contributed by atoms with E-state index in [1.807, 2.05) is 39.8 Å². The molecule has 1 N–H and O–H groups in total. The van der Waals surface area contributed by atoms with Gasteiger partial charge < -0.3 is 19.4 Å². The van der Waals surface area contributed by atoms with E-state index < -0.39 is 18.3 Å². The van der Waals surface area contributed by atoms with Gasteiger partial charge in [0.05, 0.1) is 24.2 Å². The van der Waals surface area contributed by atoms with Gasteiger partial charge in [-0.3, -0.25) is 4.79 Å². The van der Waals surface area contributed by atoms with Gasteiger partial charge in [0.2, 0.25) is 5.91 Å². The maximum absolute atomic E-state index is 11.9. The Kier molecular flexibility index (Phi) is 5.97. The number of nitrogens with one attached hydrogen (secondary N) is 1. The van der Waals surface area contributed by atoms with Crippen LogP contribution in [0.15, 0.2) is 18.2 Å². The lowest BCUT2D eigenvalue weighted by atomic mass is 9.78. The third-order valence-electron chi connectivity index (χ3n) is 4.56. The second-order valence-electron chi connectivity index (χ2n) is 6.96. The van der Waals surface area contributed by atoms with E-state index in [9.17, 15) is 4.79 Å². The zero-order valence-corrected chi connectivity index (χ0v) is 15.7. The van der Waals surface area contributed by atoms with Gasteiger partial charge in [-0.05, 0) is 39.3 Å². The molecule has 1 aromatic rings. The second-order valence-corrected chi connectivity index (χ2v) is 7.37. The first-order valence-corrected chi connectivity index (χ1v) is 8.44. The number of methoxy groups -OCH3 is 1. The van der Waals surface area contributed by atoms with Gasteiger partial charge >= 0.3 is 7.12 Å². The largest absolute Gasteiger partial charge is 0.496 e. The van der Waals surface area contributed by atoms with Crippen LogP contribution in [0.1, 0.15) is 33.3 Å². The van der Waals surface area contributed by atoms with Crippen molar-refractivity contribution in [2.75, 3.05) is 20.3 Å². The fraction of sp³-hybridized carbons (Fsp3) is 0.588. The number of benzene rings is 1. The predicted molar refractivity (Wildman–Crippen MR) is 95.8 cm³/mol. The standard InChI is InChI=1S/C17H25BClNO4/c1-16(2)17(3,4)24-18(23-16)13-10-12(6-7-14(13)19)11-15(21)20-8-9-22-5/h6-7,10H,8-9,11H2,1-5H3,(H,20,21). The van der Waals surface area contributed by atoms with Crippen LogP contribution in [-0.2, 0) is 25.3 Å². The van der Waals surface area contributed by atoms with Crippen LogP contribution in [-0.4, -0.2) is 44.5 Å². The molecule has 2 rings (SSSR count). The fourth-order valence-corrected chi connectivity index (χ4v) is 2.60. The zero-order valence-electron chi connectivity index (χ0n) is 14.9. The summed E-state index contributed by atoms with van der Waals surface area (Å²) < 4.78 is 17.0. The molecule has 0 saturated carbocycles. The Balaban J connectivity index is 2.11. The van der Waals surface area contributed by atoms with E-state index in [0.29, 0.717) is 18.2 Å². The molecule has 0 unspecified atom stereocenters. The summed E-state index contributed by atoms with van der Waals surface area (Å²) in [7, 11) is 1.06. The molecule has 24 heavy (non-hydrogen) atoms. The molecule has 1 aliphatic heterocycles. The monoisotopic (exact) mass is 353 g/mol. The molecule has 1 aliphatic rings. The van der Waals surface area contributed by atoms with E-state index in [4.69, 9.17) is 25.6 Å². The molecule has 0 aromatic heterocycles. The number of halogens is 1. The van der Waals surface area contributed by atoms with Gasteiger partial charge in [0.1, 0.15) is 0 Å². The fourth-order valence-electron chi connectivity index (χ4n) is 2.39. The summed E-state index contributed by atoms with van der Waals surface area (Å²) >= 11 is 6.32. The Morgan fingerprint density at radius 3 is 2.46 bits per heavy atom. The van der Waals surface area contributed by atoms with Crippen molar-refractivity contribution in [1.82, 2.24) is 5.32 Å². The Bertz CT molecular complexity index is 590. The molecule has 0 radical (unpaired) electrons. The Hall–Kier alpha value is -1.08. The average molecular weight is 354 g/mol. The lowest BCUT2D eigenvalue weighted by Crippen LogP contribution is -2.41. The van der Waals surface area contributed by atoms with Gasteiger partial charge in [0.25, 0.3) is 0 Å². The first kappa shape index (κ1) is 19.3. The minimum absolute atomic E-state index is 0.0609. The van der Waals surface area contributed by atoms with Crippen LogP contribution in [0.25, 0.3) is 0 Å². The topological polar surface area (TPSA) is 56.8 Å². The van der Waals surface area contributed by atoms with Crippen LogP contribution in [0.2, 0.25) is 5.02 Å². The quantitative estimate of drug-likeness (QED) is 0.627. The predicted octanol–water partition coefficient (Wildman–Crippen LogP) is 1.94. The maximum atomic E-state index is 11.9. The van der Waals surface area contributed by atoms with Crippen molar-refractivity contribution in [3.63, 3.8) is 0 Å². The minimum atomic E-state index is -0.543. The van der Waals surface area contributed by atoms with Crippen LogP contribution >= 0.6 is 11.6 Å². The number of carbonyl (C=O) groups is 1. The molecular weight excluding hydrogens is 328 g/mol. The van der Waals surface area contributed by atoms with Gasteiger partial charge in [-0.15, -0.1) is 0 Å². The highest BCUT2D eigenvalue weighted by Gasteiger charge is 2.52. The smallest absolute Gasteiger partial charge is 0.399 e. The number of ether oxygens (including phenoxy) is 1. The lowest BCUT2D eigenvalue weighted by Gasteiger charge is -2.32. The van der Waals surface area contributed by atoms with Crippen molar-refractivity contribution in [3.05, 3.63) is 28.8 Å². The first-order chi connectivity index (χ1) is 11.2. The van der Waals surface area contributed by atoms with Crippen LogP contribution in [0, 0.1) is 0 Å². The van der Waals surface area contributed by atoms with Gasteiger partial charge in [0, 0.05) is 24.1 Å². The zero-order chi connectivity index (χ0) is 18.0. The third kappa shape index (κ3) is 4.31. The van der Waals surface area contributed by atoms with Crippen molar-refractivity contribution in [2.24, 2.45) is 0 Å². The summed E-state index contributed by atoms with van der Waals surface area (Å²) in [5.74, 6) is -0.0609. The molecule has 1 fully saturated rings. The summed E-state index contributed by atoms with van der Waals surface area (Å²) in [4.78, 5) is 11.9. The van der Waals surface area contributed by atoms with E-state index in [1.54, 1.807) is 13.2 Å². The first-order valence-electron chi connectivity index (χ1n) is 8.06. The molecule has 5 nitrogen and oxygen atoms in total. The Labute approximate surface area is 149 Å². The molecule has 0 aliphatic carbocycles. The van der Waals surface area contributed by atoms with Crippen LogP contribution < -0.4 is 10.8 Å². The molecule has 7 heteroatoms. The second kappa shape index (κ2) is 7.44. The highest BCUT2D eigenvalue weighted by Crippen LogP contribution is 2.37. The average Bonchev–Trinajstić information content (AvgIpc) is 2.69. The van der Waals surface area contributed by atoms with Crippen LogP contribution in [0.4, 0.5) is 0 Å². The van der Waals surface area contributed by atoms with Gasteiger partial charge in [-0.2, -0.15) is 0 Å². The summed E-state index contributed by atoms with van der Waals surface area (Å²) in [6.45, 7) is 8.96. The van der Waals surface area contributed by atoms with Crippen molar-refractivity contribution < 1.29 is 18.8 Å². The van der Waals surface area contributed by atoms with Crippen molar-refractivity contribution in [2.45, 2.75) is 45.3 Å². The van der Waals surface area contributed by atoms with E-state index in [1.165, 1.54) is 0 Å². The molecule has 0 spiro atoms. The van der Waals surface area contributed by atoms with E-state index in [2.05, 4.69) is 5.32 Å². The SMILES string of the molecule is COCCNC(=O)Cc1ccc(Cl)c(B2OC(C)(C)C(C)(C)O2)c1. The lowest BCUT2D eigenvalue weighted by molar-refractivity contribution is -0.120. The number of amides is 1. The number of rotatable bonds is 6. The van der Waals surface area contributed by atoms with E-state index >= 15 is 0 Å². The molecule has 1 heterocycles. The van der Waals surface area contributed by atoms with E-state index in [-0.39, 0.29) is 12.3 Å². The normalized spacial score (nSPS) is 18.7. The molecule has 1 saturated heterocycles. The van der Waals surface area contributed by atoms with Crippen molar-refractivity contribution in [3.8, 4) is 0 Å². The minimum Gasteiger partial charge on any atom is -0.399 e. The van der Waals surface area contributed by atoms with Crippen molar-refractivity contribution in [1.29, 1.82) is 0 Å². The summed E-state index contributed by atoms with van der Waals surface area (Å²) in [6.07, 6.45) is 0.271. The maximum Gasteiger partial charge on any atom is 0.496 e. The van der Waals surface area contributed by atoms with Crippen molar-refractivity contribution >= 4 is 30.1 Å². The molecule has 1 amide bonds. The Morgan fingerprint density at radius 2 is 1.88 bits per heavy atom. The number of carbonyl (C=O) groups excluding carboxylic acids is 1. The Morgan fingerprint density at radius 1 is 1.25 bits per heavy atom. The molecule has 1 aromatic carbocycles. The van der Waals surface area contributed by atoms with Gasteiger partial charge in [-0.1, -0.05) is 23.7 Å². The summed E-state index contributed by atoms with van der Waals surface area (Å²) in [5, 5.41) is 3.37. The number of hydrogen-bond acceptors (Lipinski definition) is 4. The number of hydrogen-bond donors (Lipinski definition) is 1. The molecule has 0 atom stereocenters.